The minimum Gasteiger partial charge on any atom is -0.488 e. The molecule has 1 rings (SSSR count). The molecule has 3 heteroatoms. The molecule has 0 saturated carbocycles. The molecule has 0 amide bonds. The van der Waals surface area contributed by atoms with Crippen molar-refractivity contribution in [1.82, 2.24) is 0 Å². The maximum atomic E-state index is 8.80. The zero-order valence-electron chi connectivity index (χ0n) is 7.83. The quantitative estimate of drug-likeness (QED) is 0.773. The fourth-order valence-corrected chi connectivity index (χ4v) is 1.28. The lowest BCUT2D eigenvalue weighted by Gasteiger charge is -2.05. The highest BCUT2D eigenvalue weighted by Crippen LogP contribution is 2.22. The van der Waals surface area contributed by atoms with E-state index in [2.05, 4.69) is 22.0 Å². The highest BCUT2D eigenvalue weighted by molar-refractivity contribution is 9.10. The normalized spacial score (nSPS) is 10.1. The maximum Gasteiger partial charge on any atom is 0.138 e. The van der Waals surface area contributed by atoms with Crippen LogP contribution in [0.2, 0.25) is 0 Å². The summed E-state index contributed by atoms with van der Waals surface area (Å²) < 4.78 is 6.32. The molecule has 0 fully saturated rings. The standard InChI is InChI=1S/C11H10BrNO/c1-2-3-6-14-11-7-10(12)5-4-9(11)8-13/h2-5,7H,6H2,1H3/b3-2+. The van der Waals surface area contributed by atoms with Gasteiger partial charge in [-0.1, -0.05) is 28.1 Å². The maximum absolute atomic E-state index is 8.80. The Morgan fingerprint density at radius 3 is 3.00 bits per heavy atom. The molecule has 0 spiro atoms. The van der Waals surface area contributed by atoms with Gasteiger partial charge in [0, 0.05) is 4.47 Å². The Morgan fingerprint density at radius 2 is 2.36 bits per heavy atom. The molecule has 1 aromatic rings. The number of rotatable bonds is 3. The van der Waals surface area contributed by atoms with Gasteiger partial charge in [0.2, 0.25) is 0 Å². The van der Waals surface area contributed by atoms with Gasteiger partial charge in [0.15, 0.2) is 0 Å². The van der Waals surface area contributed by atoms with Gasteiger partial charge in [-0.3, -0.25) is 0 Å². The van der Waals surface area contributed by atoms with Crippen LogP contribution in [0.5, 0.6) is 5.75 Å². The highest BCUT2D eigenvalue weighted by Gasteiger charge is 2.02. The average molecular weight is 252 g/mol. The van der Waals surface area contributed by atoms with Crippen molar-refractivity contribution in [2.45, 2.75) is 6.92 Å². The van der Waals surface area contributed by atoms with E-state index >= 15 is 0 Å². The van der Waals surface area contributed by atoms with E-state index in [4.69, 9.17) is 10.00 Å². The van der Waals surface area contributed by atoms with Gasteiger partial charge >= 0.3 is 0 Å². The summed E-state index contributed by atoms with van der Waals surface area (Å²) in [6.07, 6.45) is 3.80. The Bertz CT molecular complexity index is 379. The van der Waals surface area contributed by atoms with Gasteiger partial charge in [0.25, 0.3) is 0 Å². The molecule has 14 heavy (non-hydrogen) atoms. The summed E-state index contributed by atoms with van der Waals surface area (Å²) in [7, 11) is 0. The number of halogens is 1. The van der Waals surface area contributed by atoms with E-state index in [1.165, 1.54) is 0 Å². The number of nitriles is 1. The van der Waals surface area contributed by atoms with E-state index in [9.17, 15) is 0 Å². The molecule has 0 aliphatic heterocycles. The van der Waals surface area contributed by atoms with Gasteiger partial charge in [-0.25, -0.2) is 0 Å². The lowest BCUT2D eigenvalue weighted by molar-refractivity contribution is 0.361. The number of allylic oxidation sites excluding steroid dienone is 1. The smallest absolute Gasteiger partial charge is 0.138 e. The van der Waals surface area contributed by atoms with Crippen LogP contribution in [0, 0.1) is 11.3 Å². The second kappa shape index (κ2) is 5.46. The van der Waals surface area contributed by atoms with Crippen LogP contribution in [0.1, 0.15) is 12.5 Å². The highest BCUT2D eigenvalue weighted by atomic mass is 79.9. The Labute approximate surface area is 91.9 Å². The van der Waals surface area contributed by atoms with Crippen molar-refractivity contribution < 1.29 is 4.74 Å². The average Bonchev–Trinajstić information content (AvgIpc) is 2.19. The van der Waals surface area contributed by atoms with Gasteiger partial charge < -0.3 is 4.74 Å². The predicted molar refractivity (Wildman–Crippen MR) is 59.2 cm³/mol. The first-order chi connectivity index (χ1) is 6.77. The van der Waals surface area contributed by atoms with Gasteiger partial charge in [-0.2, -0.15) is 5.26 Å². The second-order valence-electron chi connectivity index (χ2n) is 2.63. The molecule has 0 atom stereocenters. The first-order valence-electron chi connectivity index (χ1n) is 4.21. The SMILES string of the molecule is C/C=C/COc1cc(Br)ccc1C#N. The Morgan fingerprint density at radius 1 is 1.57 bits per heavy atom. The Hall–Kier alpha value is -1.27. The minimum absolute atomic E-state index is 0.488. The summed E-state index contributed by atoms with van der Waals surface area (Å²) in [6, 6.07) is 7.43. The van der Waals surface area contributed by atoms with Crippen LogP contribution in [0.3, 0.4) is 0 Å². The van der Waals surface area contributed by atoms with Crippen LogP contribution in [0.25, 0.3) is 0 Å². The monoisotopic (exact) mass is 251 g/mol. The van der Waals surface area contributed by atoms with Crippen molar-refractivity contribution >= 4 is 15.9 Å². The number of ether oxygens (including phenoxy) is 1. The van der Waals surface area contributed by atoms with E-state index < -0.39 is 0 Å². The number of benzene rings is 1. The second-order valence-corrected chi connectivity index (χ2v) is 3.55. The molecule has 0 heterocycles. The molecule has 0 aliphatic rings. The molecular weight excluding hydrogens is 242 g/mol. The fraction of sp³-hybridized carbons (Fsp3) is 0.182. The molecule has 0 aliphatic carbocycles. The van der Waals surface area contributed by atoms with Gasteiger partial charge in [0.05, 0.1) is 5.56 Å². The molecule has 2 nitrogen and oxygen atoms in total. The third-order valence-corrected chi connectivity index (χ3v) is 2.13. The third kappa shape index (κ3) is 2.90. The Balaban J connectivity index is 2.83. The van der Waals surface area contributed by atoms with Crippen molar-refractivity contribution in [2.75, 3.05) is 6.61 Å². The van der Waals surface area contributed by atoms with Crippen molar-refractivity contribution in [3.8, 4) is 11.8 Å². The summed E-state index contributed by atoms with van der Waals surface area (Å²) >= 11 is 3.33. The zero-order valence-corrected chi connectivity index (χ0v) is 9.41. The topological polar surface area (TPSA) is 33.0 Å². The van der Waals surface area contributed by atoms with Crippen LogP contribution in [0.15, 0.2) is 34.8 Å². The summed E-state index contributed by atoms with van der Waals surface area (Å²) in [5.74, 6) is 0.611. The van der Waals surface area contributed by atoms with Crippen LogP contribution in [0.4, 0.5) is 0 Å². The van der Waals surface area contributed by atoms with E-state index in [0.29, 0.717) is 17.9 Å². The predicted octanol–water partition coefficient (Wildman–Crippen LogP) is 3.28. The Kier molecular flexibility index (Phi) is 4.21. The largest absolute Gasteiger partial charge is 0.488 e. The summed E-state index contributed by atoms with van der Waals surface area (Å²) in [4.78, 5) is 0. The lowest BCUT2D eigenvalue weighted by atomic mass is 10.2. The van der Waals surface area contributed by atoms with Crippen molar-refractivity contribution in [3.05, 3.63) is 40.4 Å². The molecule has 0 unspecified atom stereocenters. The van der Waals surface area contributed by atoms with Crippen LogP contribution in [-0.4, -0.2) is 6.61 Å². The van der Waals surface area contributed by atoms with E-state index in [-0.39, 0.29) is 0 Å². The number of hydrogen-bond acceptors (Lipinski definition) is 2. The lowest BCUT2D eigenvalue weighted by Crippen LogP contribution is -1.95. The molecule has 0 bridgehead atoms. The van der Waals surface area contributed by atoms with E-state index in [1.807, 2.05) is 25.1 Å². The molecule has 72 valence electrons. The minimum atomic E-state index is 0.488. The van der Waals surface area contributed by atoms with Crippen LogP contribution in [-0.2, 0) is 0 Å². The zero-order chi connectivity index (χ0) is 10.4. The van der Waals surface area contributed by atoms with Gasteiger partial charge in [-0.15, -0.1) is 0 Å². The summed E-state index contributed by atoms with van der Waals surface area (Å²) in [6.45, 7) is 2.41. The van der Waals surface area contributed by atoms with Gasteiger partial charge in [-0.05, 0) is 25.1 Å². The van der Waals surface area contributed by atoms with Gasteiger partial charge in [0.1, 0.15) is 18.4 Å². The molecular formula is C11H10BrNO. The van der Waals surface area contributed by atoms with Crippen molar-refractivity contribution in [2.24, 2.45) is 0 Å². The molecule has 0 aromatic heterocycles. The van der Waals surface area contributed by atoms with Crippen LogP contribution >= 0.6 is 15.9 Å². The van der Waals surface area contributed by atoms with Crippen molar-refractivity contribution in [3.63, 3.8) is 0 Å². The van der Waals surface area contributed by atoms with Crippen LogP contribution < -0.4 is 4.74 Å². The molecule has 0 N–H and O–H groups in total. The fourth-order valence-electron chi connectivity index (χ4n) is 0.942. The molecule has 1 aromatic carbocycles. The summed E-state index contributed by atoms with van der Waals surface area (Å²) in [5.41, 5.74) is 0.553. The summed E-state index contributed by atoms with van der Waals surface area (Å²) in [5, 5.41) is 8.80. The van der Waals surface area contributed by atoms with E-state index in [0.717, 1.165) is 4.47 Å². The van der Waals surface area contributed by atoms with Crippen molar-refractivity contribution in [1.29, 1.82) is 5.26 Å². The first kappa shape index (κ1) is 10.8. The number of nitrogens with zero attached hydrogens (tertiary/aromatic N) is 1. The first-order valence-corrected chi connectivity index (χ1v) is 5.01. The van der Waals surface area contributed by atoms with E-state index in [1.54, 1.807) is 12.1 Å². The third-order valence-electron chi connectivity index (χ3n) is 1.63. The molecule has 0 radical (unpaired) electrons. The molecule has 0 saturated heterocycles. The number of hydrogen-bond donors (Lipinski definition) is 0.